The van der Waals surface area contributed by atoms with Crippen molar-refractivity contribution in [2.45, 2.75) is 38.1 Å². The second-order valence-corrected chi connectivity index (χ2v) is 5.12. The summed E-state index contributed by atoms with van der Waals surface area (Å²) < 4.78 is 0. The fourth-order valence-electron chi connectivity index (χ4n) is 2.66. The highest BCUT2D eigenvalue weighted by atomic mass is 15.2. The molecule has 0 aromatic heterocycles. The van der Waals surface area contributed by atoms with E-state index in [0.717, 1.165) is 38.5 Å². The van der Waals surface area contributed by atoms with Crippen molar-refractivity contribution in [1.82, 2.24) is 10.2 Å². The molecule has 2 fully saturated rings. The molecule has 0 spiro atoms. The molecule has 1 saturated carbocycles. The average molecular weight is 207 g/mol. The van der Waals surface area contributed by atoms with Crippen molar-refractivity contribution in [3.63, 3.8) is 0 Å². The van der Waals surface area contributed by atoms with Crippen LogP contribution in [0.2, 0.25) is 0 Å². The molecule has 1 aliphatic carbocycles. The molecule has 1 saturated heterocycles. The van der Waals surface area contributed by atoms with Gasteiger partial charge in [0, 0.05) is 26.2 Å². The lowest BCUT2D eigenvalue weighted by Crippen LogP contribution is -2.55. The molecule has 0 aromatic rings. The van der Waals surface area contributed by atoms with E-state index in [1.165, 1.54) is 19.3 Å². The zero-order valence-corrected chi connectivity index (χ0v) is 9.63. The van der Waals surface area contributed by atoms with Gasteiger partial charge in [-0.15, -0.1) is 0 Å². The van der Waals surface area contributed by atoms with Gasteiger partial charge in [-0.2, -0.15) is 5.26 Å². The quantitative estimate of drug-likeness (QED) is 0.759. The number of hydrogen-bond donors (Lipinski definition) is 1. The standard InChI is InChI=1S/C12H21N3/c1-12(10-13,9-11-3-2-4-11)15-7-5-14-6-8-15/h11,14H,2-9H2,1H3. The van der Waals surface area contributed by atoms with Crippen LogP contribution in [0.15, 0.2) is 0 Å². The molecule has 1 unspecified atom stereocenters. The van der Waals surface area contributed by atoms with Crippen molar-refractivity contribution in [3.05, 3.63) is 0 Å². The van der Waals surface area contributed by atoms with E-state index in [0.29, 0.717) is 0 Å². The van der Waals surface area contributed by atoms with E-state index in [9.17, 15) is 5.26 Å². The first kappa shape index (κ1) is 10.9. The van der Waals surface area contributed by atoms with Gasteiger partial charge in [0.2, 0.25) is 0 Å². The summed E-state index contributed by atoms with van der Waals surface area (Å²) in [6.07, 6.45) is 5.12. The zero-order valence-electron chi connectivity index (χ0n) is 9.63. The van der Waals surface area contributed by atoms with Crippen LogP contribution in [-0.2, 0) is 0 Å². The molecule has 1 N–H and O–H groups in total. The second kappa shape index (κ2) is 4.51. The molecular weight excluding hydrogens is 186 g/mol. The maximum absolute atomic E-state index is 9.39. The zero-order chi connectivity index (χ0) is 10.7. The monoisotopic (exact) mass is 207 g/mol. The van der Waals surface area contributed by atoms with E-state index < -0.39 is 0 Å². The summed E-state index contributed by atoms with van der Waals surface area (Å²) in [4.78, 5) is 2.36. The van der Waals surface area contributed by atoms with Gasteiger partial charge in [-0.05, 0) is 19.3 Å². The lowest BCUT2D eigenvalue weighted by atomic mass is 9.76. The number of hydrogen-bond acceptors (Lipinski definition) is 3. The highest BCUT2D eigenvalue weighted by Gasteiger charge is 2.36. The number of rotatable bonds is 3. The number of piperazine rings is 1. The Kier molecular flexibility index (Phi) is 3.28. The molecule has 1 heterocycles. The molecule has 1 atom stereocenters. The molecule has 3 nitrogen and oxygen atoms in total. The number of nitrogens with zero attached hydrogens (tertiary/aromatic N) is 2. The third-order valence-corrected chi connectivity index (χ3v) is 3.97. The molecule has 0 radical (unpaired) electrons. The van der Waals surface area contributed by atoms with Gasteiger partial charge in [-0.25, -0.2) is 0 Å². The molecule has 84 valence electrons. The number of nitrogens with one attached hydrogen (secondary N) is 1. The van der Waals surface area contributed by atoms with E-state index in [-0.39, 0.29) is 5.54 Å². The first-order chi connectivity index (χ1) is 7.24. The first-order valence-electron chi connectivity index (χ1n) is 6.12. The van der Waals surface area contributed by atoms with Crippen LogP contribution < -0.4 is 5.32 Å². The van der Waals surface area contributed by atoms with Gasteiger partial charge in [0.15, 0.2) is 0 Å². The van der Waals surface area contributed by atoms with Crippen LogP contribution in [0.25, 0.3) is 0 Å². The van der Waals surface area contributed by atoms with Crippen LogP contribution in [0.4, 0.5) is 0 Å². The van der Waals surface area contributed by atoms with E-state index in [2.05, 4.69) is 23.2 Å². The van der Waals surface area contributed by atoms with Gasteiger partial charge >= 0.3 is 0 Å². The van der Waals surface area contributed by atoms with Crippen LogP contribution in [0, 0.1) is 17.2 Å². The maximum atomic E-state index is 9.39. The van der Waals surface area contributed by atoms with Crippen LogP contribution in [-0.4, -0.2) is 36.6 Å². The van der Waals surface area contributed by atoms with Crippen LogP contribution in [0.3, 0.4) is 0 Å². The molecule has 0 aromatic carbocycles. The largest absolute Gasteiger partial charge is 0.314 e. The van der Waals surface area contributed by atoms with Crippen molar-refractivity contribution in [1.29, 1.82) is 5.26 Å². The lowest BCUT2D eigenvalue weighted by molar-refractivity contribution is 0.0919. The average Bonchev–Trinajstić information content (AvgIpc) is 2.24. The SMILES string of the molecule is CC(C#N)(CC1CCC1)N1CCNCC1. The second-order valence-electron chi connectivity index (χ2n) is 5.12. The van der Waals surface area contributed by atoms with Gasteiger partial charge in [0.25, 0.3) is 0 Å². The Morgan fingerprint density at radius 3 is 2.53 bits per heavy atom. The van der Waals surface area contributed by atoms with Gasteiger partial charge in [-0.1, -0.05) is 19.3 Å². The van der Waals surface area contributed by atoms with Crippen molar-refractivity contribution in [2.24, 2.45) is 5.92 Å². The molecule has 1 aliphatic heterocycles. The van der Waals surface area contributed by atoms with Crippen LogP contribution in [0.1, 0.15) is 32.6 Å². The van der Waals surface area contributed by atoms with Crippen LogP contribution in [0.5, 0.6) is 0 Å². The van der Waals surface area contributed by atoms with Crippen molar-refractivity contribution in [3.8, 4) is 6.07 Å². The summed E-state index contributed by atoms with van der Waals surface area (Å²) >= 11 is 0. The summed E-state index contributed by atoms with van der Waals surface area (Å²) in [6.45, 7) is 6.23. The third-order valence-electron chi connectivity index (χ3n) is 3.97. The first-order valence-corrected chi connectivity index (χ1v) is 6.12. The molecule has 0 bridgehead atoms. The Morgan fingerprint density at radius 2 is 2.07 bits per heavy atom. The highest BCUT2D eigenvalue weighted by Crippen LogP contribution is 2.35. The van der Waals surface area contributed by atoms with E-state index >= 15 is 0 Å². The summed E-state index contributed by atoms with van der Waals surface area (Å²) in [5.41, 5.74) is -0.215. The minimum Gasteiger partial charge on any atom is -0.314 e. The lowest BCUT2D eigenvalue weighted by Gasteiger charge is -2.42. The van der Waals surface area contributed by atoms with E-state index in [1.807, 2.05) is 0 Å². The van der Waals surface area contributed by atoms with Gasteiger partial charge < -0.3 is 5.32 Å². The molecular formula is C12H21N3. The minimum atomic E-state index is -0.215. The topological polar surface area (TPSA) is 39.1 Å². The summed E-state index contributed by atoms with van der Waals surface area (Å²) in [5, 5.41) is 12.7. The van der Waals surface area contributed by atoms with Gasteiger partial charge in [0.05, 0.1) is 6.07 Å². The Bertz CT molecular complexity index is 248. The number of nitriles is 1. The minimum absolute atomic E-state index is 0.215. The molecule has 2 rings (SSSR count). The van der Waals surface area contributed by atoms with Gasteiger partial charge in [-0.3, -0.25) is 4.90 Å². The Hall–Kier alpha value is -0.590. The maximum Gasteiger partial charge on any atom is 0.106 e. The van der Waals surface area contributed by atoms with E-state index in [1.54, 1.807) is 0 Å². The van der Waals surface area contributed by atoms with Gasteiger partial charge in [0.1, 0.15) is 5.54 Å². The fraction of sp³-hybridized carbons (Fsp3) is 0.917. The molecule has 15 heavy (non-hydrogen) atoms. The molecule has 2 aliphatic rings. The fourth-order valence-corrected chi connectivity index (χ4v) is 2.66. The Labute approximate surface area is 92.4 Å². The smallest absolute Gasteiger partial charge is 0.106 e. The van der Waals surface area contributed by atoms with Crippen LogP contribution >= 0.6 is 0 Å². The molecule has 0 amide bonds. The summed E-state index contributed by atoms with van der Waals surface area (Å²) in [7, 11) is 0. The normalized spacial score (nSPS) is 27.7. The Balaban J connectivity index is 1.95. The van der Waals surface area contributed by atoms with Crippen molar-refractivity contribution in [2.75, 3.05) is 26.2 Å². The van der Waals surface area contributed by atoms with Crippen molar-refractivity contribution < 1.29 is 0 Å². The predicted molar refractivity (Wildman–Crippen MR) is 60.4 cm³/mol. The Morgan fingerprint density at radius 1 is 1.40 bits per heavy atom. The summed E-state index contributed by atoms with van der Waals surface area (Å²) in [5.74, 6) is 0.810. The summed E-state index contributed by atoms with van der Waals surface area (Å²) in [6, 6.07) is 2.55. The van der Waals surface area contributed by atoms with Crippen molar-refractivity contribution >= 4 is 0 Å². The molecule has 3 heteroatoms. The highest BCUT2D eigenvalue weighted by molar-refractivity contribution is 5.07. The third kappa shape index (κ3) is 2.32. The van der Waals surface area contributed by atoms with E-state index in [4.69, 9.17) is 0 Å². The predicted octanol–water partition coefficient (Wildman–Crippen LogP) is 1.36.